The van der Waals surface area contributed by atoms with E-state index in [1.165, 1.54) is 25.3 Å². The molecule has 1 amide bonds. The van der Waals surface area contributed by atoms with Crippen molar-refractivity contribution in [2.45, 2.75) is 18.7 Å². The smallest absolute Gasteiger partial charge is 0.255 e. The number of nitrogens with one attached hydrogen (secondary N) is 1. The van der Waals surface area contributed by atoms with Crippen LogP contribution in [0.1, 0.15) is 21.5 Å². The average molecular weight is 334 g/mol. The monoisotopic (exact) mass is 334 g/mol. The molecule has 0 aliphatic rings. The van der Waals surface area contributed by atoms with Gasteiger partial charge in [-0.1, -0.05) is 12.1 Å². The lowest BCUT2D eigenvalue weighted by atomic mass is 10.1. The minimum atomic E-state index is -3.99. The fraction of sp³-hybridized carbons (Fsp3) is 0.188. The van der Waals surface area contributed by atoms with Crippen molar-refractivity contribution in [2.75, 3.05) is 12.4 Å². The third kappa shape index (κ3) is 3.88. The molecule has 7 heteroatoms. The van der Waals surface area contributed by atoms with Gasteiger partial charge in [0.05, 0.1) is 7.11 Å². The zero-order chi connectivity index (χ0) is 17.2. The molecule has 0 aliphatic carbocycles. The number of nitrogens with two attached hydrogens (primary N) is 1. The lowest BCUT2D eigenvalue weighted by Crippen LogP contribution is -2.17. The maximum atomic E-state index is 12.4. The fourth-order valence-electron chi connectivity index (χ4n) is 2.11. The Bertz CT molecular complexity index is 860. The Hall–Kier alpha value is -2.38. The molecule has 2 rings (SSSR count). The van der Waals surface area contributed by atoms with Crippen molar-refractivity contribution in [1.29, 1.82) is 0 Å². The number of primary sulfonamides is 1. The van der Waals surface area contributed by atoms with Crippen molar-refractivity contribution in [3.05, 3.63) is 53.1 Å². The van der Waals surface area contributed by atoms with Gasteiger partial charge in [0.1, 0.15) is 10.6 Å². The molecule has 0 unspecified atom stereocenters. The summed E-state index contributed by atoms with van der Waals surface area (Å²) in [4.78, 5) is 12.1. The van der Waals surface area contributed by atoms with Gasteiger partial charge in [0.15, 0.2) is 0 Å². The van der Waals surface area contributed by atoms with Crippen molar-refractivity contribution in [3.63, 3.8) is 0 Å². The van der Waals surface area contributed by atoms with Gasteiger partial charge in [0.25, 0.3) is 5.91 Å². The van der Waals surface area contributed by atoms with E-state index in [9.17, 15) is 13.2 Å². The number of aryl methyl sites for hydroxylation is 2. The van der Waals surface area contributed by atoms with Crippen LogP contribution in [0, 0.1) is 13.8 Å². The quantitative estimate of drug-likeness (QED) is 0.895. The average Bonchev–Trinajstić information content (AvgIpc) is 2.49. The minimum Gasteiger partial charge on any atom is -0.495 e. The van der Waals surface area contributed by atoms with Crippen LogP contribution in [0.15, 0.2) is 41.3 Å². The number of carbonyl (C=O) groups is 1. The lowest BCUT2D eigenvalue weighted by Gasteiger charge is -2.11. The van der Waals surface area contributed by atoms with Crippen molar-refractivity contribution in [2.24, 2.45) is 5.14 Å². The summed E-state index contributed by atoms with van der Waals surface area (Å²) in [6.45, 7) is 3.79. The largest absolute Gasteiger partial charge is 0.495 e. The SMILES string of the molecule is COc1ccc(C(=O)Nc2cc(C)ccc2C)cc1S(N)(=O)=O. The van der Waals surface area contributed by atoms with E-state index in [-0.39, 0.29) is 16.2 Å². The van der Waals surface area contributed by atoms with Crippen molar-refractivity contribution >= 4 is 21.6 Å². The van der Waals surface area contributed by atoms with Gasteiger partial charge in [-0.25, -0.2) is 13.6 Å². The van der Waals surface area contributed by atoms with Crippen LogP contribution in [-0.4, -0.2) is 21.4 Å². The molecular formula is C16H18N2O4S. The maximum absolute atomic E-state index is 12.4. The number of benzene rings is 2. The number of hydrogen-bond donors (Lipinski definition) is 2. The summed E-state index contributed by atoms with van der Waals surface area (Å²) in [5, 5.41) is 7.93. The number of hydrogen-bond acceptors (Lipinski definition) is 4. The highest BCUT2D eigenvalue weighted by Gasteiger charge is 2.18. The van der Waals surface area contributed by atoms with Crippen molar-refractivity contribution < 1.29 is 17.9 Å². The molecule has 0 aliphatic heterocycles. The summed E-state index contributed by atoms with van der Waals surface area (Å²) in [5.41, 5.74) is 2.76. The second kappa shape index (κ2) is 6.39. The molecule has 0 heterocycles. The highest BCUT2D eigenvalue weighted by atomic mass is 32.2. The van der Waals surface area contributed by atoms with Crippen molar-refractivity contribution in [1.82, 2.24) is 0 Å². The van der Waals surface area contributed by atoms with Gasteiger partial charge in [0.2, 0.25) is 10.0 Å². The number of anilines is 1. The van der Waals surface area contributed by atoms with Crippen LogP contribution in [0.4, 0.5) is 5.69 Å². The molecule has 0 spiro atoms. The molecule has 0 saturated heterocycles. The van der Waals surface area contributed by atoms with E-state index in [0.29, 0.717) is 5.69 Å². The predicted octanol–water partition coefficient (Wildman–Crippen LogP) is 2.21. The first-order valence-electron chi connectivity index (χ1n) is 6.82. The van der Waals surface area contributed by atoms with Crippen LogP contribution in [0.2, 0.25) is 0 Å². The number of carbonyl (C=O) groups excluding carboxylic acids is 1. The summed E-state index contributed by atoms with van der Waals surface area (Å²) in [6.07, 6.45) is 0. The van der Waals surface area contributed by atoms with Crippen LogP contribution < -0.4 is 15.2 Å². The summed E-state index contributed by atoms with van der Waals surface area (Å²) < 4.78 is 28.2. The third-order valence-corrected chi connectivity index (χ3v) is 4.31. The second-order valence-corrected chi connectivity index (χ2v) is 6.71. The van der Waals surface area contributed by atoms with Gasteiger partial charge in [-0.3, -0.25) is 4.79 Å². The first-order chi connectivity index (χ1) is 10.7. The van der Waals surface area contributed by atoms with Crippen LogP contribution in [0.25, 0.3) is 0 Å². The molecule has 122 valence electrons. The lowest BCUT2D eigenvalue weighted by molar-refractivity contribution is 0.102. The Morgan fingerprint density at radius 1 is 1.13 bits per heavy atom. The Morgan fingerprint density at radius 3 is 2.43 bits per heavy atom. The first kappa shape index (κ1) is 17.0. The van der Waals surface area contributed by atoms with E-state index >= 15 is 0 Å². The van der Waals surface area contributed by atoms with E-state index in [4.69, 9.17) is 9.88 Å². The Balaban J connectivity index is 2.38. The Morgan fingerprint density at radius 2 is 1.83 bits per heavy atom. The van der Waals surface area contributed by atoms with E-state index in [2.05, 4.69) is 5.32 Å². The molecule has 23 heavy (non-hydrogen) atoms. The molecule has 0 saturated carbocycles. The topological polar surface area (TPSA) is 98.5 Å². The number of ether oxygens (including phenoxy) is 1. The molecule has 0 radical (unpaired) electrons. The number of amides is 1. The highest BCUT2D eigenvalue weighted by Crippen LogP contribution is 2.24. The van der Waals surface area contributed by atoms with Crippen LogP contribution in [0.3, 0.4) is 0 Å². The van der Waals surface area contributed by atoms with Gasteiger partial charge in [-0.15, -0.1) is 0 Å². The Kier molecular flexibility index (Phi) is 4.72. The van der Waals surface area contributed by atoms with Crippen molar-refractivity contribution in [3.8, 4) is 5.75 Å². The van der Waals surface area contributed by atoms with Gasteiger partial charge >= 0.3 is 0 Å². The standard InChI is InChI=1S/C16H18N2O4S/c1-10-4-5-11(2)13(8-10)18-16(19)12-6-7-14(22-3)15(9-12)23(17,20)21/h4-9H,1-3H3,(H,18,19)(H2,17,20,21). The first-order valence-corrected chi connectivity index (χ1v) is 8.36. The number of methoxy groups -OCH3 is 1. The molecular weight excluding hydrogens is 316 g/mol. The minimum absolute atomic E-state index is 0.0933. The molecule has 2 aromatic rings. The third-order valence-electron chi connectivity index (χ3n) is 3.37. The zero-order valence-electron chi connectivity index (χ0n) is 13.1. The van der Waals surface area contributed by atoms with Gasteiger partial charge < -0.3 is 10.1 Å². The maximum Gasteiger partial charge on any atom is 0.255 e. The van der Waals surface area contributed by atoms with E-state index in [0.717, 1.165) is 11.1 Å². The molecule has 0 atom stereocenters. The van der Waals surface area contributed by atoms with E-state index in [1.807, 2.05) is 32.0 Å². The van der Waals surface area contributed by atoms with Gasteiger partial charge in [0, 0.05) is 11.3 Å². The molecule has 3 N–H and O–H groups in total. The highest BCUT2D eigenvalue weighted by molar-refractivity contribution is 7.89. The van der Waals surface area contributed by atoms with Crippen LogP contribution in [0.5, 0.6) is 5.75 Å². The molecule has 2 aromatic carbocycles. The number of rotatable bonds is 4. The zero-order valence-corrected chi connectivity index (χ0v) is 13.9. The van der Waals surface area contributed by atoms with Gasteiger partial charge in [-0.2, -0.15) is 0 Å². The van der Waals surface area contributed by atoms with Crippen LogP contribution >= 0.6 is 0 Å². The summed E-state index contributed by atoms with van der Waals surface area (Å²) in [7, 11) is -2.66. The normalized spacial score (nSPS) is 11.1. The summed E-state index contributed by atoms with van der Waals surface area (Å²) in [5.74, 6) is -0.331. The molecule has 0 bridgehead atoms. The fourth-order valence-corrected chi connectivity index (χ4v) is 2.83. The molecule has 0 fully saturated rings. The molecule has 6 nitrogen and oxygen atoms in total. The van der Waals surface area contributed by atoms with Gasteiger partial charge in [-0.05, 0) is 49.2 Å². The van der Waals surface area contributed by atoms with Crippen LogP contribution in [-0.2, 0) is 10.0 Å². The molecule has 0 aromatic heterocycles. The van der Waals surface area contributed by atoms with E-state index in [1.54, 1.807) is 0 Å². The Labute approximate surface area is 135 Å². The van der Waals surface area contributed by atoms with E-state index < -0.39 is 15.9 Å². The second-order valence-electron chi connectivity index (χ2n) is 5.18. The number of sulfonamides is 1. The summed E-state index contributed by atoms with van der Waals surface area (Å²) >= 11 is 0. The predicted molar refractivity (Wildman–Crippen MR) is 88.2 cm³/mol. The summed E-state index contributed by atoms with van der Waals surface area (Å²) in [6, 6.07) is 9.77.